The first-order valence-electron chi connectivity index (χ1n) is 9.73. The highest BCUT2D eigenvalue weighted by atomic mass is 35.5. The van der Waals surface area contributed by atoms with Crippen molar-refractivity contribution in [1.29, 1.82) is 0 Å². The lowest BCUT2D eigenvalue weighted by Gasteiger charge is -2.35. The zero-order valence-corrected chi connectivity index (χ0v) is 17.7. The van der Waals surface area contributed by atoms with Crippen molar-refractivity contribution in [2.24, 2.45) is 0 Å². The van der Waals surface area contributed by atoms with Crippen molar-refractivity contribution >= 4 is 40.1 Å². The molecule has 9 heteroatoms. The van der Waals surface area contributed by atoms with Gasteiger partial charge in [0.15, 0.2) is 0 Å². The van der Waals surface area contributed by atoms with Crippen LogP contribution in [0.5, 0.6) is 0 Å². The molecule has 1 aromatic carbocycles. The normalized spacial score (nSPS) is 14.2. The van der Waals surface area contributed by atoms with Gasteiger partial charge in [-0.3, -0.25) is 14.6 Å². The van der Waals surface area contributed by atoms with Crippen LogP contribution >= 0.6 is 11.6 Å². The molecule has 30 heavy (non-hydrogen) atoms. The van der Waals surface area contributed by atoms with E-state index in [2.05, 4.69) is 14.9 Å². The Bertz CT molecular complexity index is 1070. The van der Waals surface area contributed by atoms with Crippen LogP contribution in [-0.4, -0.2) is 76.4 Å². The van der Waals surface area contributed by atoms with Crippen LogP contribution in [-0.2, 0) is 11.3 Å². The maximum Gasteiger partial charge on any atom is 0.256 e. The molecule has 0 saturated carbocycles. The average Bonchev–Trinajstić information content (AvgIpc) is 3.11. The number of carbonyl (C=O) groups is 2. The molecule has 0 unspecified atom stereocenters. The molecule has 2 aromatic heterocycles. The molecule has 0 atom stereocenters. The minimum absolute atomic E-state index is 0.0443. The van der Waals surface area contributed by atoms with Crippen LogP contribution < -0.4 is 4.90 Å². The van der Waals surface area contributed by atoms with Gasteiger partial charge in [0.2, 0.25) is 5.91 Å². The standard InChI is InChI=1S/C21H23ClN6O2/c1-25(2)20(29)14-28-13-17(16-4-3-15(22)11-18(16)28)21(30)27-9-7-26(8-10-27)19-12-23-5-6-24-19/h3-6,11-13H,7-10,14H2,1-2H3. The summed E-state index contributed by atoms with van der Waals surface area (Å²) in [4.78, 5) is 39.5. The minimum Gasteiger partial charge on any atom is -0.352 e. The molecule has 0 N–H and O–H groups in total. The van der Waals surface area contributed by atoms with Crippen LogP contribution in [0.15, 0.2) is 43.0 Å². The molecule has 0 radical (unpaired) electrons. The second-order valence-electron chi connectivity index (χ2n) is 7.46. The third kappa shape index (κ3) is 3.95. The summed E-state index contributed by atoms with van der Waals surface area (Å²) >= 11 is 6.18. The number of nitrogens with zero attached hydrogens (tertiary/aromatic N) is 6. The summed E-state index contributed by atoms with van der Waals surface area (Å²) in [6.45, 7) is 2.71. The average molecular weight is 427 g/mol. The third-order valence-electron chi connectivity index (χ3n) is 5.32. The van der Waals surface area contributed by atoms with Gasteiger partial charge in [0.05, 0.1) is 17.3 Å². The second kappa shape index (κ2) is 8.31. The number of likely N-dealkylation sites (N-methyl/N-ethyl adjacent to an activating group) is 1. The molecule has 1 aliphatic rings. The Balaban J connectivity index is 1.57. The Hall–Kier alpha value is -3.13. The molecule has 8 nitrogen and oxygen atoms in total. The fourth-order valence-electron chi connectivity index (χ4n) is 3.62. The van der Waals surface area contributed by atoms with Gasteiger partial charge < -0.3 is 19.3 Å². The number of halogens is 1. The van der Waals surface area contributed by atoms with E-state index in [1.165, 1.54) is 4.90 Å². The number of piperazine rings is 1. The minimum atomic E-state index is -0.0524. The number of anilines is 1. The van der Waals surface area contributed by atoms with E-state index < -0.39 is 0 Å². The van der Waals surface area contributed by atoms with Crippen molar-refractivity contribution in [3.8, 4) is 0 Å². The number of amides is 2. The van der Waals surface area contributed by atoms with Gasteiger partial charge in [0.1, 0.15) is 12.4 Å². The van der Waals surface area contributed by atoms with Crippen LogP contribution in [0.1, 0.15) is 10.4 Å². The summed E-state index contributed by atoms with van der Waals surface area (Å²) in [5, 5.41) is 1.36. The highest BCUT2D eigenvalue weighted by Gasteiger charge is 2.26. The quantitative estimate of drug-likeness (QED) is 0.639. The van der Waals surface area contributed by atoms with Gasteiger partial charge in [-0.25, -0.2) is 4.98 Å². The number of hydrogen-bond donors (Lipinski definition) is 0. The SMILES string of the molecule is CN(C)C(=O)Cn1cc(C(=O)N2CCN(c3cnccn3)CC2)c2ccc(Cl)cc21. The van der Waals surface area contributed by atoms with E-state index in [-0.39, 0.29) is 18.4 Å². The molecule has 0 bridgehead atoms. The van der Waals surface area contributed by atoms with Crippen LogP contribution in [0, 0.1) is 0 Å². The fraction of sp³-hybridized carbons (Fsp3) is 0.333. The summed E-state index contributed by atoms with van der Waals surface area (Å²) in [6, 6.07) is 5.41. The van der Waals surface area contributed by atoms with E-state index in [0.29, 0.717) is 36.8 Å². The third-order valence-corrected chi connectivity index (χ3v) is 5.55. The summed E-state index contributed by atoms with van der Waals surface area (Å²) in [6.07, 6.45) is 6.81. The zero-order valence-electron chi connectivity index (χ0n) is 17.0. The first-order chi connectivity index (χ1) is 14.4. The molecule has 1 saturated heterocycles. The lowest BCUT2D eigenvalue weighted by Crippen LogP contribution is -2.49. The molecule has 0 aliphatic carbocycles. The van der Waals surface area contributed by atoms with Gasteiger partial charge in [-0.15, -0.1) is 0 Å². The summed E-state index contributed by atoms with van der Waals surface area (Å²) in [7, 11) is 3.42. The lowest BCUT2D eigenvalue weighted by molar-refractivity contribution is -0.129. The van der Waals surface area contributed by atoms with Crippen LogP contribution in [0.4, 0.5) is 5.82 Å². The Morgan fingerprint density at radius 3 is 2.57 bits per heavy atom. The smallest absolute Gasteiger partial charge is 0.256 e. The van der Waals surface area contributed by atoms with Crippen molar-refractivity contribution in [2.75, 3.05) is 45.2 Å². The van der Waals surface area contributed by atoms with Crippen molar-refractivity contribution in [3.63, 3.8) is 0 Å². The van der Waals surface area contributed by atoms with Gasteiger partial charge >= 0.3 is 0 Å². The molecule has 1 fully saturated rings. The predicted octanol–water partition coefficient (Wildman–Crippen LogP) is 2.14. The van der Waals surface area contributed by atoms with E-state index >= 15 is 0 Å². The van der Waals surface area contributed by atoms with E-state index in [9.17, 15) is 9.59 Å². The van der Waals surface area contributed by atoms with Crippen LogP contribution in [0.2, 0.25) is 5.02 Å². The van der Waals surface area contributed by atoms with E-state index in [4.69, 9.17) is 11.6 Å². The van der Waals surface area contributed by atoms with Gasteiger partial charge in [-0.2, -0.15) is 0 Å². The maximum atomic E-state index is 13.3. The van der Waals surface area contributed by atoms with Crippen molar-refractivity contribution < 1.29 is 9.59 Å². The van der Waals surface area contributed by atoms with Gasteiger partial charge in [-0.1, -0.05) is 17.7 Å². The predicted molar refractivity (Wildman–Crippen MR) is 116 cm³/mol. The molecule has 0 spiro atoms. The number of fused-ring (bicyclic) bond motifs is 1. The molecule has 1 aliphatic heterocycles. The number of benzene rings is 1. The molecule has 2 amide bonds. The summed E-state index contributed by atoms with van der Waals surface area (Å²) in [5.74, 6) is 0.721. The molecule has 156 valence electrons. The molecular formula is C21H23ClN6O2. The van der Waals surface area contributed by atoms with E-state index in [1.54, 1.807) is 55.6 Å². The fourth-order valence-corrected chi connectivity index (χ4v) is 3.78. The van der Waals surface area contributed by atoms with Crippen LogP contribution in [0.3, 0.4) is 0 Å². The molecule has 3 heterocycles. The van der Waals surface area contributed by atoms with Gasteiger partial charge in [-0.05, 0) is 12.1 Å². The number of rotatable bonds is 4. The summed E-state index contributed by atoms with van der Waals surface area (Å²) < 4.78 is 1.80. The van der Waals surface area contributed by atoms with Crippen molar-refractivity contribution in [1.82, 2.24) is 24.3 Å². The lowest BCUT2D eigenvalue weighted by atomic mass is 10.1. The number of carbonyl (C=O) groups excluding carboxylic acids is 2. The van der Waals surface area contributed by atoms with Crippen molar-refractivity contribution in [3.05, 3.63) is 53.6 Å². The van der Waals surface area contributed by atoms with Crippen molar-refractivity contribution in [2.45, 2.75) is 6.54 Å². The van der Waals surface area contributed by atoms with Gasteiger partial charge in [0.25, 0.3) is 5.91 Å². The highest BCUT2D eigenvalue weighted by molar-refractivity contribution is 6.31. The monoisotopic (exact) mass is 426 g/mol. The van der Waals surface area contributed by atoms with Crippen LogP contribution in [0.25, 0.3) is 10.9 Å². The van der Waals surface area contributed by atoms with Gasteiger partial charge in [0, 0.05) is 69.3 Å². The topological polar surface area (TPSA) is 74.6 Å². The Labute approximate surface area is 179 Å². The van der Waals surface area contributed by atoms with E-state index in [1.807, 2.05) is 11.0 Å². The highest BCUT2D eigenvalue weighted by Crippen LogP contribution is 2.27. The summed E-state index contributed by atoms with van der Waals surface area (Å²) in [5.41, 5.74) is 1.36. The molecule has 3 aromatic rings. The molecular weight excluding hydrogens is 404 g/mol. The Morgan fingerprint density at radius 1 is 1.13 bits per heavy atom. The zero-order chi connectivity index (χ0) is 21.3. The Morgan fingerprint density at radius 2 is 1.90 bits per heavy atom. The largest absolute Gasteiger partial charge is 0.352 e. The number of hydrogen-bond acceptors (Lipinski definition) is 5. The second-order valence-corrected chi connectivity index (χ2v) is 7.90. The first kappa shape index (κ1) is 20.2. The maximum absolute atomic E-state index is 13.3. The first-order valence-corrected chi connectivity index (χ1v) is 10.1. The number of aromatic nitrogens is 3. The molecule has 4 rings (SSSR count). The Kier molecular flexibility index (Phi) is 5.59. The van der Waals surface area contributed by atoms with E-state index in [0.717, 1.165) is 16.7 Å².